The number of benzene rings is 2. The summed E-state index contributed by atoms with van der Waals surface area (Å²) >= 11 is 0. The standard InChI is InChI=1S/C16H16.2C2H6.CH4/c1-5-8-14-11(2)12(3)15-9-6-7-10-16(15)13(14)4;2*1-2;/h5-10H,1-2H2,3-4H3;2*1-2H3;1H4/b14-8+;;;. The maximum Gasteiger partial charge on any atom is -0.0146 e. The second-order valence-corrected chi connectivity index (χ2v) is 4.09. The first-order chi connectivity index (χ1) is 9.66. The molecule has 2 aromatic rings. The van der Waals surface area contributed by atoms with Crippen molar-refractivity contribution in [1.82, 2.24) is 0 Å². The topological polar surface area (TPSA) is 0 Å². The van der Waals surface area contributed by atoms with Crippen molar-refractivity contribution >= 4 is 23.4 Å². The lowest BCUT2D eigenvalue weighted by molar-refractivity contribution is 1.36. The summed E-state index contributed by atoms with van der Waals surface area (Å²) in [5, 5.41) is 4.91. The molecule has 0 radical (unpaired) electrons. The minimum absolute atomic E-state index is 0. The summed E-state index contributed by atoms with van der Waals surface area (Å²) in [5.41, 5.74) is 2.54. The van der Waals surface area contributed by atoms with Crippen LogP contribution in [0.4, 0.5) is 0 Å². The molecule has 116 valence electrons. The molecule has 0 aliphatic heterocycles. The molecule has 0 heteroatoms. The third kappa shape index (κ3) is 4.60. The van der Waals surface area contributed by atoms with Crippen LogP contribution in [0.5, 0.6) is 0 Å². The van der Waals surface area contributed by atoms with Gasteiger partial charge in [0.15, 0.2) is 0 Å². The van der Waals surface area contributed by atoms with E-state index < -0.39 is 0 Å². The van der Waals surface area contributed by atoms with Crippen LogP contribution in [0.1, 0.15) is 46.2 Å². The molecule has 0 spiro atoms. The Morgan fingerprint density at radius 3 is 1.71 bits per heavy atom. The Kier molecular flexibility index (Phi) is 11.2. The highest BCUT2D eigenvalue weighted by Crippen LogP contribution is 2.16. The Morgan fingerprint density at radius 2 is 1.29 bits per heavy atom. The van der Waals surface area contributed by atoms with E-state index in [1.165, 1.54) is 27.1 Å². The molecule has 0 aliphatic rings. The smallest absolute Gasteiger partial charge is 0.0146 e. The number of hydrogen-bond acceptors (Lipinski definition) is 0. The van der Waals surface area contributed by atoms with Gasteiger partial charge >= 0.3 is 0 Å². The molecule has 0 bridgehead atoms. The number of hydrogen-bond donors (Lipinski definition) is 0. The van der Waals surface area contributed by atoms with E-state index in [1.807, 2.05) is 39.8 Å². The minimum atomic E-state index is 0. The van der Waals surface area contributed by atoms with Gasteiger partial charge in [-0.2, -0.15) is 0 Å². The van der Waals surface area contributed by atoms with Gasteiger partial charge in [-0.1, -0.05) is 84.7 Å². The molecule has 21 heavy (non-hydrogen) atoms. The maximum absolute atomic E-state index is 4.17. The lowest BCUT2D eigenvalue weighted by atomic mass is 9.97. The Bertz CT molecular complexity index is 660. The van der Waals surface area contributed by atoms with E-state index in [2.05, 4.69) is 51.3 Å². The van der Waals surface area contributed by atoms with Crippen molar-refractivity contribution in [2.24, 2.45) is 0 Å². The van der Waals surface area contributed by atoms with Crippen LogP contribution < -0.4 is 10.4 Å². The van der Waals surface area contributed by atoms with Gasteiger partial charge in [-0.3, -0.25) is 0 Å². The van der Waals surface area contributed by atoms with Crippen LogP contribution in [0.2, 0.25) is 0 Å². The van der Waals surface area contributed by atoms with Crippen LogP contribution in [0.25, 0.3) is 23.4 Å². The first-order valence-electron chi connectivity index (χ1n) is 7.46. The summed E-state index contributed by atoms with van der Waals surface area (Å²) < 4.78 is 0. The molecule has 0 fully saturated rings. The third-order valence-electron chi connectivity index (χ3n) is 3.20. The van der Waals surface area contributed by atoms with Gasteiger partial charge in [0, 0.05) is 0 Å². The van der Waals surface area contributed by atoms with Crippen molar-refractivity contribution in [3.05, 3.63) is 58.5 Å². The molecule has 0 aliphatic carbocycles. The fourth-order valence-corrected chi connectivity index (χ4v) is 2.22. The number of allylic oxidation sites excluding steroid dienone is 1. The zero-order valence-corrected chi connectivity index (χ0v) is 13.9. The second-order valence-electron chi connectivity index (χ2n) is 4.09. The Hall–Kier alpha value is -1.82. The highest BCUT2D eigenvalue weighted by molar-refractivity contribution is 5.89. The average molecular weight is 284 g/mol. The van der Waals surface area contributed by atoms with Crippen molar-refractivity contribution in [2.75, 3.05) is 0 Å². The first kappa shape index (κ1) is 21.5. The van der Waals surface area contributed by atoms with E-state index in [9.17, 15) is 0 Å². The van der Waals surface area contributed by atoms with Gasteiger partial charge < -0.3 is 0 Å². The quantitative estimate of drug-likeness (QED) is 0.646. The predicted octanol–water partition coefficient (Wildman–Crippen LogP) is 5.52. The lowest BCUT2D eigenvalue weighted by Gasteiger charge is -2.08. The van der Waals surface area contributed by atoms with E-state index in [1.54, 1.807) is 0 Å². The largest absolute Gasteiger partial charge is 0.0990 e. The van der Waals surface area contributed by atoms with Crippen molar-refractivity contribution in [3.8, 4) is 0 Å². The molecule has 0 atom stereocenters. The second kappa shape index (κ2) is 10.9. The van der Waals surface area contributed by atoms with Gasteiger partial charge in [-0.25, -0.2) is 0 Å². The predicted molar refractivity (Wildman–Crippen MR) is 102 cm³/mol. The van der Waals surface area contributed by atoms with Crippen LogP contribution in [0.3, 0.4) is 0 Å². The van der Waals surface area contributed by atoms with Crippen molar-refractivity contribution in [3.63, 3.8) is 0 Å². The highest BCUT2D eigenvalue weighted by atomic mass is 14.1. The molecule has 0 nitrogen and oxygen atoms in total. The molecule has 0 aromatic heterocycles. The molecule has 0 unspecified atom stereocenters. The van der Waals surface area contributed by atoms with Gasteiger partial charge in [0.05, 0.1) is 0 Å². The lowest BCUT2D eigenvalue weighted by Crippen LogP contribution is -2.28. The first-order valence-corrected chi connectivity index (χ1v) is 7.46. The maximum atomic E-state index is 4.17. The molecule has 2 aromatic carbocycles. The van der Waals surface area contributed by atoms with E-state index in [4.69, 9.17) is 0 Å². The van der Waals surface area contributed by atoms with Gasteiger partial charge in [0.2, 0.25) is 0 Å². The molecule has 0 heterocycles. The molecular formula is C21H32. The molecule has 0 amide bonds. The zero-order chi connectivity index (χ0) is 15.7. The Morgan fingerprint density at radius 1 is 0.857 bits per heavy atom. The van der Waals surface area contributed by atoms with Crippen molar-refractivity contribution in [2.45, 2.75) is 49.0 Å². The third-order valence-corrected chi connectivity index (χ3v) is 3.20. The number of aryl methyl sites for hydroxylation is 2. The van der Waals surface area contributed by atoms with E-state index >= 15 is 0 Å². The molecular weight excluding hydrogens is 252 g/mol. The summed E-state index contributed by atoms with van der Waals surface area (Å²) in [7, 11) is 0. The van der Waals surface area contributed by atoms with Crippen LogP contribution in [-0.4, -0.2) is 0 Å². The van der Waals surface area contributed by atoms with E-state index in [0.29, 0.717) is 0 Å². The van der Waals surface area contributed by atoms with Crippen LogP contribution >= 0.6 is 0 Å². The summed E-state index contributed by atoms with van der Waals surface area (Å²) in [6, 6.07) is 8.47. The minimum Gasteiger partial charge on any atom is -0.0990 e. The molecule has 2 rings (SSSR count). The molecule has 0 N–H and O–H groups in total. The Balaban J connectivity index is 0. The van der Waals surface area contributed by atoms with Crippen molar-refractivity contribution in [1.29, 1.82) is 0 Å². The highest BCUT2D eigenvalue weighted by Gasteiger charge is 2.03. The van der Waals surface area contributed by atoms with E-state index in [0.717, 1.165) is 5.22 Å². The van der Waals surface area contributed by atoms with Gasteiger partial charge in [0.1, 0.15) is 0 Å². The monoisotopic (exact) mass is 284 g/mol. The van der Waals surface area contributed by atoms with Crippen molar-refractivity contribution < 1.29 is 0 Å². The van der Waals surface area contributed by atoms with Gasteiger partial charge in [-0.15, -0.1) is 0 Å². The summed E-state index contributed by atoms with van der Waals surface area (Å²) in [6.45, 7) is 20.2. The number of rotatable bonds is 1. The number of fused-ring (bicyclic) bond motifs is 1. The fraction of sp³-hybridized carbons (Fsp3) is 0.333. The summed E-state index contributed by atoms with van der Waals surface area (Å²) in [6.07, 6.45) is 3.86. The van der Waals surface area contributed by atoms with Crippen LogP contribution in [0.15, 0.2) is 36.9 Å². The summed E-state index contributed by atoms with van der Waals surface area (Å²) in [4.78, 5) is 0. The van der Waals surface area contributed by atoms with E-state index in [-0.39, 0.29) is 7.43 Å². The molecule has 0 saturated carbocycles. The average Bonchev–Trinajstić information content (AvgIpc) is 2.53. The van der Waals surface area contributed by atoms with Gasteiger partial charge in [-0.05, 0) is 46.2 Å². The Labute approximate surface area is 131 Å². The van der Waals surface area contributed by atoms with Crippen LogP contribution in [0, 0.1) is 13.8 Å². The molecule has 0 saturated heterocycles. The summed E-state index contributed by atoms with van der Waals surface area (Å²) in [5.74, 6) is 0. The normalized spacial score (nSPS) is 9.71. The SMILES string of the molecule is C.C=C/C=c1/c(C)c2ccccc2c(C)c1=C.CC.CC. The van der Waals surface area contributed by atoms with Crippen LogP contribution in [-0.2, 0) is 0 Å². The van der Waals surface area contributed by atoms with Gasteiger partial charge in [0.25, 0.3) is 0 Å². The fourth-order valence-electron chi connectivity index (χ4n) is 2.22. The zero-order valence-electron chi connectivity index (χ0n) is 13.9.